The van der Waals surface area contributed by atoms with Crippen LogP contribution in [0.25, 0.3) is 0 Å². The highest BCUT2D eigenvalue weighted by Gasteiger charge is 2.61. The molecular weight excluding hydrogens is 362 g/mol. The molecule has 1 aromatic rings. The molecule has 4 unspecified atom stereocenters. The molecule has 5 rings (SSSR count). The van der Waals surface area contributed by atoms with E-state index in [1.165, 1.54) is 11.1 Å². The number of nitrogens with one attached hydrogen (secondary N) is 1. The molecule has 2 fully saturated rings. The Morgan fingerprint density at radius 3 is 2.85 bits per heavy atom. The lowest BCUT2D eigenvalue weighted by Crippen LogP contribution is -2.50. The van der Waals surface area contributed by atoms with Crippen LogP contribution in [0.2, 0.25) is 0 Å². The first kappa shape index (κ1) is 17.5. The predicted molar refractivity (Wildman–Crippen MR) is 101 cm³/mol. The van der Waals surface area contributed by atoms with Crippen molar-refractivity contribution < 1.29 is 17.7 Å². The summed E-state index contributed by atoms with van der Waals surface area (Å²) >= 11 is 0. The van der Waals surface area contributed by atoms with Crippen LogP contribution in [-0.4, -0.2) is 19.1 Å². The monoisotopic (exact) mass is 387 g/mol. The van der Waals surface area contributed by atoms with Gasteiger partial charge in [-0.2, -0.15) is 13.1 Å². The van der Waals surface area contributed by atoms with Crippen LogP contribution in [0.1, 0.15) is 61.6 Å². The molecule has 4 aliphatic rings. The van der Waals surface area contributed by atoms with Gasteiger partial charge in [-0.25, -0.2) is 0 Å². The molecule has 0 saturated heterocycles. The van der Waals surface area contributed by atoms with E-state index in [1.54, 1.807) is 0 Å². The minimum Gasteiger partial charge on any atom is -0.377 e. The van der Waals surface area contributed by atoms with Gasteiger partial charge < -0.3 is 9.29 Å². The number of fused-ring (bicyclic) bond motifs is 6. The number of hydrogen-bond donors (Lipinski definition) is 2. The number of terminal acetylenes is 1. The Labute approximate surface area is 160 Å². The Hall–Kier alpha value is -1.55. The summed E-state index contributed by atoms with van der Waals surface area (Å²) in [7, 11) is -3.68. The van der Waals surface area contributed by atoms with Crippen molar-refractivity contribution in [3.63, 3.8) is 0 Å². The fraction of sp³-hybridized carbons (Fsp3) is 0.619. The Bertz CT molecular complexity index is 965. The minimum absolute atomic E-state index is 0.201. The van der Waals surface area contributed by atoms with Gasteiger partial charge in [0.2, 0.25) is 0 Å². The average molecular weight is 388 g/mol. The molecule has 0 radical (unpaired) electrons. The van der Waals surface area contributed by atoms with Crippen LogP contribution in [-0.2, 0) is 23.3 Å². The van der Waals surface area contributed by atoms with Gasteiger partial charge in [0.05, 0.1) is 0 Å². The van der Waals surface area contributed by atoms with Gasteiger partial charge in [0.15, 0.2) is 0 Å². The van der Waals surface area contributed by atoms with Crippen LogP contribution in [0.15, 0.2) is 12.1 Å². The van der Waals surface area contributed by atoms with E-state index in [-0.39, 0.29) is 12.0 Å². The summed E-state index contributed by atoms with van der Waals surface area (Å²) in [5, 5.41) is 11.0. The highest BCUT2D eigenvalue weighted by atomic mass is 32.2. The van der Waals surface area contributed by atoms with Crippen molar-refractivity contribution in [1.82, 2.24) is 4.72 Å². The second-order valence-corrected chi connectivity index (χ2v) is 10.3. The fourth-order valence-corrected chi connectivity index (χ4v) is 7.21. The number of rotatable bonds is 0. The molecule has 3 aliphatic carbocycles. The van der Waals surface area contributed by atoms with Crippen molar-refractivity contribution in [3.8, 4) is 18.1 Å². The lowest BCUT2D eigenvalue weighted by molar-refractivity contribution is -0.0647. The zero-order valence-electron chi connectivity index (χ0n) is 15.5. The summed E-state index contributed by atoms with van der Waals surface area (Å²) in [6.45, 7) is 2.46. The predicted octanol–water partition coefficient (Wildman–Crippen LogP) is 2.63. The topological polar surface area (TPSA) is 75.6 Å². The zero-order valence-corrected chi connectivity index (χ0v) is 16.3. The molecule has 0 bridgehead atoms. The van der Waals surface area contributed by atoms with E-state index < -0.39 is 15.9 Å². The van der Waals surface area contributed by atoms with Crippen LogP contribution >= 0.6 is 0 Å². The van der Waals surface area contributed by atoms with Crippen LogP contribution in [0.5, 0.6) is 5.75 Å². The van der Waals surface area contributed by atoms with Gasteiger partial charge in [-0.05, 0) is 73.5 Å². The molecule has 5 atom stereocenters. The number of aliphatic hydroxyl groups is 1. The molecule has 2 N–H and O–H groups in total. The van der Waals surface area contributed by atoms with Crippen LogP contribution in [0.4, 0.5) is 0 Å². The van der Waals surface area contributed by atoms with Gasteiger partial charge in [-0.1, -0.05) is 18.9 Å². The third kappa shape index (κ3) is 2.35. The van der Waals surface area contributed by atoms with Crippen molar-refractivity contribution in [2.75, 3.05) is 0 Å². The van der Waals surface area contributed by atoms with Gasteiger partial charge >= 0.3 is 10.3 Å². The highest BCUT2D eigenvalue weighted by Crippen LogP contribution is 2.64. The lowest BCUT2D eigenvalue weighted by atomic mass is 9.53. The largest absolute Gasteiger partial charge is 0.382 e. The Morgan fingerprint density at radius 2 is 2.07 bits per heavy atom. The van der Waals surface area contributed by atoms with Crippen molar-refractivity contribution in [1.29, 1.82) is 0 Å². The van der Waals surface area contributed by atoms with Crippen molar-refractivity contribution in [2.45, 2.75) is 63.5 Å². The van der Waals surface area contributed by atoms with Gasteiger partial charge in [-0.15, -0.1) is 6.42 Å². The maximum atomic E-state index is 11.7. The standard InChI is InChI=1S/C21H25NO4S/c1-3-21(23)9-7-18-16-5-4-13-11-19-14(12-22-27(24,25)26-19)10-17(13)15(16)6-8-20(18,21)2/h1,10-11,15-16,18,22-23H,4-9,12H2,2H3/t15?,16?,18?,20?,21-/m0/s1. The van der Waals surface area contributed by atoms with E-state index in [2.05, 4.69) is 23.6 Å². The van der Waals surface area contributed by atoms with Gasteiger partial charge in [-0.3, -0.25) is 0 Å². The molecule has 6 heteroatoms. The Balaban J connectivity index is 1.52. The van der Waals surface area contributed by atoms with E-state index in [9.17, 15) is 13.5 Å². The maximum absolute atomic E-state index is 11.7. The van der Waals surface area contributed by atoms with Crippen molar-refractivity contribution >= 4 is 10.3 Å². The lowest BCUT2D eigenvalue weighted by Gasteiger charge is -2.52. The number of benzene rings is 1. The third-order valence-corrected chi connectivity index (χ3v) is 8.83. The number of hydrogen-bond acceptors (Lipinski definition) is 4. The second kappa shape index (κ2) is 5.50. The molecule has 144 valence electrons. The summed E-state index contributed by atoms with van der Waals surface area (Å²) in [6.07, 6.45) is 11.3. The molecule has 27 heavy (non-hydrogen) atoms. The summed E-state index contributed by atoms with van der Waals surface area (Å²) in [5.74, 6) is 4.61. The molecule has 1 aliphatic heterocycles. The smallest absolute Gasteiger partial charge is 0.377 e. The van der Waals surface area contributed by atoms with Crippen LogP contribution in [0, 0.1) is 29.6 Å². The van der Waals surface area contributed by atoms with E-state index in [1.807, 2.05) is 6.07 Å². The molecule has 0 amide bonds. The van der Waals surface area contributed by atoms with Crippen molar-refractivity contribution in [2.24, 2.45) is 17.3 Å². The quantitative estimate of drug-likeness (QED) is 0.671. The van der Waals surface area contributed by atoms with Gasteiger partial charge in [0.25, 0.3) is 0 Å². The molecule has 0 spiro atoms. The Morgan fingerprint density at radius 1 is 1.26 bits per heavy atom. The van der Waals surface area contributed by atoms with Crippen LogP contribution in [0.3, 0.4) is 0 Å². The molecule has 1 aromatic carbocycles. The highest BCUT2D eigenvalue weighted by molar-refractivity contribution is 7.85. The molecular formula is C21H25NO4S. The SMILES string of the molecule is C#C[C@]1(O)CCC2C3CCc4cc5c(cc4C3CCC21C)CNS(=O)(=O)O5. The summed E-state index contributed by atoms with van der Waals surface area (Å²) in [4.78, 5) is 0. The molecule has 2 saturated carbocycles. The fourth-order valence-electron chi connectivity index (χ4n) is 6.43. The summed E-state index contributed by atoms with van der Waals surface area (Å²) in [5.41, 5.74) is 2.27. The van der Waals surface area contributed by atoms with E-state index in [4.69, 9.17) is 10.6 Å². The van der Waals surface area contributed by atoms with E-state index in [0.29, 0.717) is 29.9 Å². The minimum atomic E-state index is -3.68. The maximum Gasteiger partial charge on any atom is 0.382 e. The average Bonchev–Trinajstić information content (AvgIpc) is 2.91. The van der Waals surface area contributed by atoms with Crippen LogP contribution < -0.4 is 8.91 Å². The first-order valence-electron chi connectivity index (χ1n) is 9.81. The molecule has 0 aromatic heterocycles. The molecule has 1 heterocycles. The van der Waals surface area contributed by atoms with Gasteiger partial charge in [0.1, 0.15) is 11.4 Å². The van der Waals surface area contributed by atoms with E-state index in [0.717, 1.165) is 37.7 Å². The number of aryl methyl sites for hydroxylation is 1. The van der Waals surface area contributed by atoms with Gasteiger partial charge in [0, 0.05) is 17.5 Å². The first-order chi connectivity index (χ1) is 12.8. The normalized spacial score (nSPS) is 41.3. The summed E-state index contributed by atoms with van der Waals surface area (Å²) < 4.78 is 31.0. The first-order valence-corrected chi connectivity index (χ1v) is 11.2. The van der Waals surface area contributed by atoms with Crippen molar-refractivity contribution in [3.05, 3.63) is 28.8 Å². The zero-order chi connectivity index (χ0) is 19.0. The summed E-state index contributed by atoms with van der Waals surface area (Å²) in [6, 6.07) is 4.08. The Kier molecular flexibility index (Phi) is 3.57. The third-order valence-electron chi connectivity index (χ3n) is 7.94. The van der Waals surface area contributed by atoms with E-state index >= 15 is 0 Å². The molecule has 5 nitrogen and oxygen atoms in total. The second-order valence-electron chi connectivity index (χ2n) is 8.93.